The molecular weight excluding hydrogens is 252 g/mol. The van der Waals surface area contributed by atoms with Crippen LogP contribution in [0.5, 0.6) is 5.75 Å². The fourth-order valence-electron chi connectivity index (χ4n) is 2.25. The first-order valence-corrected chi connectivity index (χ1v) is 6.60. The van der Waals surface area contributed by atoms with Gasteiger partial charge in [-0.05, 0) is 30.7 Å². The standard InChI is InChI=1S/C16H16N2O2/c1-11-6-5-9-13-15(11)17-10-14(20-13)16(19)18-12-7-3-2-4-8-12/h2-9,14,17H,10H2,1H3,(H,18,19). The number of amides is 1. The van der Waals surface area contributed by atoms with Gasteiger partial charge in [0.15, 0.2) is 6.10 Å². The normalized spacial score (nSPS) is 16.6. The van der Waals surface area contributed by atoms with Crippen LogP contribution in [0.4, 0.5) is 11.4 Å². The molecule has 1 heterocycles. The van der Waals surface area contributed by atoms with Gasteiger partial charge in [-0.15, -0.1) is 0 Å². The van der Waals surface area contributed by atoms with Gasteiger partial charge in [-0.1, -0.05) is 30.3 Å². The number of benzene rings is 2. The lowest BCUT2D eigenvalue weighted by molar-refractivity contribution is -0.122. The third-order valence-electron chi connectivity index (χ3n) is 3.30. The first-order valence-electron chi connectivity index (χ1n) is 6.60. The molecule has 0 spiro atoms. The van der Waals surface area contributed by atoms with E-state index in [0.717, 1.165) is 22.7 Å². The summed E-state index contributed by atoms with van der Waals surface area (Å²) in [6.07, 6.45) is -0.524. The van der Waals surface area contributed by atoms with Crippen LogP contribution in [-0.4, -0.2) is 18.6 Å². The Morgan fingerprint density at radius 2 is 2.00 bits per heavy atom. The molecule has 102 valence electrons. The first-order chi connectivity index (χ1) is 9.74. The van der Waals surface area contributed by atoms with Crippen molar-refractivity contribution in [1.29, 1.82) is 0 Å². The van der Waals surface area contributed by atoms with Crippen molar-refractivity contribution >= 4 is 17.3 Å². The maximum atomic E-state index is 12.2. The van der Waals surface area contributed by atoms with Gasteiger partial charge in [0.1, 0.15) is 5.75 Å². The Morgan fingerprint density at radius 1 is 1.20 bits per heavy atom. The molecule has 2 aromatic rings. The molecule has 4 heteroatoms. The van der Waals surface area contributed by atoms with Gasteiger partial charge in [0.2, 0.25) is 0 Å². The number of para-hydroxylation sites is 2. The largest absolute Gasteiger partial charge is 0.477 e. The van der Waals surface area contributed by atoms with Crippen LogP contribution in [0.15, 0.2) is 48.5 Å². The molecule has 0 aliphatic carbocycles. The average molecular weight is 268 g/mol. The minimum Gasteiger partial charge on any atom is -0.477 e. The van der Waals surface area contributed by atoms with Gasteiger partial charge in [0, 0.05) is 5.69 Å². The summed E-state index contributed by atoms with van der Waals surface area (Å²) in [5.74, 6) is 0.584. The third kappa shape index (κ3) is 2.45. The van der Waals surface area contributed by atoms with Crippen LogP contribution in [0.1, 0.15) is 5.56 Å². The van der Waals surface area contributed by atoms with E-state index in [4.69, 9.17) is 4.74 Å². The number of anilines is 2. The van der Waals surface area contributed by atoms with Gasteiger partial charge < -0.3 is 15.4 Å². The van der Waals surface area contributed by atoms with Gasteiger partial charge in [0.05, 0.1) is 12.2 Å². The summed E-state index contributed by atoms with van der Waals surface area (Å²) in [6.45, 7) is 2.48. The van der Waals surface area contributed by atoms with Gasteiger partial charge in [-0.2, -0.15) is 0 Å². The molecular formula is C16H16N2O2. The number of fused-ring (bicyclic) bond motifs is 1. The molecule has 3 rings (SSSR count). The van der Waals surface area contributed by atoms with Crippen molar-refractivity contribution in [2.24, 2.45) is 0 Å². The zero-order valence-electron chi connectivity index (χ0n) is 11.2. The van der Waals surface area contributed by atoms with Crippen molar-refractivity contribution in [3.63, 3.8) is 0 Å². The molecule has 2 aromatic carbocycles. The minimum atomic E-state index is -0.524. The Hall–Kier alpha value is -2.49. The highest BCUT2D eigenvalue weighted by molar-refractivity contribution is 5.95. The van der Waals surface area contributed by atoms with Crippen molar-refractivity contribution < 1.29 is 9.53 Å². The number of ether oxygens (including phenoxy) is 1. The fraction of sp³-hybridized carbons (Fsp3) is 0.188. The number of nitrogens with one attached hydrogen (secondary N) is 2. The lowest BCUT2D eigenvalue weighted by Crippen LogP contribution is -2.41. The van der Waals surface area contributed by atoms with E-state index in [1.54, 1.807) is 0 Å². The number of rotatable bonds is 2. The SMILES string of the molecule is Cc1cccc2c1NCC(C(=O)Nc1ccccc1)O2. The molecule has 1 unspecified atom stereocenters. The second kappa shape index (κ2) is 5.25. The molecule has 20 heavy (non-hydrogen) atoms. The Kier molecular flexibility index (Phi) is 3.29. The molecule has 2 N–H and O–H groups in total. The molecule has 1 atom stereocenters. The summed E-state index contributed by atoms with van der Waals surface area (Å²) in [4.78, 5) is 12.2. The Labute approximate surface area is 117 Å². The van der Waals surface area contributed by atoms with E-state index < -0.39 is 6.10 Å². The van der Waals surface area contributed by atoms with Gasteiger partial charge in [-0.3, -0.25) is 4.79 Å². The summed E-state index contributed by atoms with van der Waals surface area (Å²) < 4.78 is 5.77. The van der Waals surface area contributed by atoms with Gasteiger partial charge in [0.25, 0.3) is 5.91 Å². The zero-order chi connectivity index (χ0) is 13.9. The van der Waals surface area contributed by atoms with Gasteiger partial charge >= 0.3 is 0 Å². The lowest BCUT2D eigenvalue weighted by atomic mass is 10.1. The zero-order valence-corrected chi connectivity index (χ0v) is 11.2. The average Bonchev–Trinajstić information content (AvgIpc) is 2.48. The van der Waals surface area contributed by atoms with Crippen LogP contribution in [-0.2, 0) is 4.79 Å². The van der Waals surface area contributed by atoms with Crippen molar-refractivity contribution in [1.82, 2.24) is 0 Å². The molecule has 0 bridgehead atoms. The number of carbonyl (C=O) groups excluding carboxylic acids is 1. The second-order valence-corrected chi connectivity index (χ2v) is 4.79. The van der Waals surface area contributed by atoms with Crippen LogP contribution in [0, 0.1) is 6.92 Å². The predicted molar refractivity (Wildman–Crippen MR) is 79.2 cm³/mol. The number of aryl methyl sites for hydroxylation is 1. The summed E-state index contributed by atoms with van der Waals surface area (Å²) >= 11 is 0. The molecule has 4 nitrogen and oxygen atoms in total. The second-order valence-electron chi connectivity index (χ2n) is 4.79. The van der Waals surface area contributed by atoms with Crippen molar-refractivity contribution in [2.75, 3.05) is 17.2 Å². The maximum Gasteiger partial charge on any atom is 0.267 e. The van der Waals surface area contributed by atoms with Crippen LogP contribution < -0.4 is 15.4 Å². The van der Waals surface area contributed by atoms with Crippen molar-refractivity contribution in [3.8, 4) is 5.75 Å². The predicted octanol–water partition coefficient (Wildman–Crippen LogP) is 2.81. The highest BCUT2D eigenvalue weighted by atomic mass is 16.5. The monoisotopic (exact) mass is 268 g/mol. The molecule has 0 fully saturated rings. The summed E-state index contributed by atoms with van der Waals surface area (Å²) in [5.41, 5.74) is 2.86. The fourth-order valence-corrected chi connectivity index (χ4v) is 2.25. The van der Waals surface area contributed by atoms with E-state index in [2.05, 4.69) is 10.6 Å². The van der Waals surface area contributed by atoms with Crippen molar-refractivity contribution in [2.45, 2.75) is 13.0 Å². The van der Waals surface area contributed by atoms with E-state index in [-0.39, 0.29) is 5.91 Å². The molecule has 0 radical (unpaired) electrons. The highest BCUT2D eigenvalue weighted by Gasteiger charge is 2.26. The van der Waals surface area contributed by atoms with Crippen LogP contribution in [0.25, 0.3) is 0 Å². The van der Waals surface area contributed by atoms with E-state index in [9.17, 15) is 4.79 Å². The van der Waals surface area contributed by atoms with E-state index >= 15 is 0 Å². The molecule has 0 saturated heterocycles. The summed E-state index contributed by atoms with van der Waals surface area (Å²) in [7, 11) is 0. The van der Waals surface area contributed by atoms with Crippen molar-refractivity contribution in [3.05, 3.63) is 54.1 Å². The van der Waals surface area contributed by atoms with Crippen LogP contribution >= 0.6 is 0 Å². The quantitative estimate of drug-likeness (QED) is 0.880. The molecule has 1 aliphatic heterocycles. The number of hydrogen-bond acceptors (Lipinski definition) is 3. The lowest BCUT2D eigenvalue weighted by Gasteiger charge is -2.27. The Morgan fingerprint density at radius 3 is 2.80 bits per heavy atom. The Balaban J connectivity index is 1.72. The summed E-state index contributed by atoms with van der Waals surface area (Å²) in [5, 5.41) is 6.11. The number of carbonyl (C=O) groups is 1. The molecule has 1 amide bonds. The molecule has 1 aliphatic rings. The minimum absolute atomic E-state index is 0.143. The molecule has 0 aromatic heterocycles. The third-order valence-corrected chi connectivity index (χ3v) is 3.30. The Bertz CT molecular complexity index is 626. The van der Waals surface area contributed by atoms with Gasteiger partial charge in [-0.25, -0.2) is 0 Å². The smallest absolute Gasteiger partial charge is 0.267 e. The summed E-state index contributed by atoms with van der Waals surface area (Å²) in [6, 6.07) is 15.2. The van der Waals surface area contributed by atoms with E-state index in [1.807, 2.05) is 55.5 Å². The van der Waals surface area contributed by atoms with Crippen LogP contribution in [0.3, 0.4) is 0 Å². The highest BCUT2D eigenvalue weighted by Crippen LogP contribution is 2.31. The van der Waals surface area contributed by atoms with E-state index in [1.165, 1.54) is 0 Å². The maximum absolute atomic E-state index is 12.2. The molecule has 0 saturated carbocycles. The topological polar surface area (TPSA) is 50.4 Å². The van der Waals surface area contributed by atoms with Crippen LogP contribution in [0.2, 0.25) is 0 Å². The number of hydrogen-bond donors (Lipinski definition) is 2. The van der Waals surface area contributed by atoms with E-state index in [0.29, 0.717) is 6.54 Å². The first kappa shape index (κ1) is 12.5.